The lowest BCUT2D eigenvalue weighted by Crippen LogP contribution is -2.45. The van der Waals surface area contributed by atoms with Gasteiger partial charge in [0.05, 0.1) is 13.2 Å². The van der Waals surface area contributed by atoms with Gasteiger partial charge in [-0.2, -0.15) is 0 Å². The van der Waals surface area contributed by atoms with E-state index in [2.05, 4.69) is 20.9 Å². The molecule has 3 N–H and O–H groups in total. The molecule has 2 aliphatic rings. The molecule has 1 saturated heterocycles. The maximum absolute atomic E-state index is 12.7. The van der Waals surface area contributed by atoms with Gasteiger partial charge in [0.2, 0.25) is 17.7 Å². The first-order valence-electron chi connectivity index (χ1n) is 9.27. The third-order valence-electron chi connectivity index (χ3n) is 4.88. The molecule has 1 aromatic rings. The van der Waals surface area contributed by atoms with Gasteiger partial charge in [-0.3, -0.25) is 19.3 Å². The number of nitrogens with one attached hydrogen (secondary N) is 3. The fourth-order valence-corrected chi connectivity index (χ4v) is 3.13. The number of ether oxygens (including phenoxy) is 1. The first-order chi connectivity index (χ1) is 13.0. The lowest BCUT2D eigenvalue weighted by molar-refractivity contribution is -0.134. The van der Waals surface area contributed by atoms with Gasteiger partial charge in [0.15, 0.2) is 0 Å². The number of anilines is 2. The van der Waals surface area contributed by atoms with Crippen LogP contribution in [0.1, 0.15) is 19.8 Å². The molecule has 8 nitrogen and oxygen atoms in total. The molecule has 0 aromatic heterocycles. The summed E-state index contributed by atoms with van der Waals surface area (Å²) >= 11 is 0. The Morgan fingerprint density at radius 3 is 2.37 bits per heavy atom. The molecule has 0 unspecified atom stereocenters. The second-order valence-electron chi connectivity index (χ2n) is 7.01. The molecule has 0 bridgehead atoms. The van der Waals surface area contributed by atoms with Gasteiger partial charge in [0.25, 0.3) is 0 Å². The van der Waals surface area contributed by atoms with Crippen molar-refractivity contribution in [3.8, 4) is 0 Å². The van der Waals surface area contributed by atoms with Crippen LogP contribution in [0.2, 0.25) is 0 Å². The Morgan fingerprint density at radius 2 is 1.74 bits per heavy atom. The van der Waals surface area contributed by atoms with Crippen LogP contribution in [0.25, 0.3) is 0 Å². The highest BCUT2D eigenvalue weighted by molar-refractivity contribution is 6.13. The Labute approximate surface area is 158 Å². The molecular formula is C19H26N4O4. The van der Waals surface area contributed by atoms with Gasteiger partial charge in [-0.15, -0.1) is 0 Å². The van der Waals surface area contributed by atoms with E-state index in [-0.39, 0.29) is 17.7 Å². The molecule has 3 rings (SSSR count). The summed E-state index contributed by atoms with van der Waals surface area (Å²) in [5, 5.41) is 8.37. The minimum Gasteiger partial charge on any atom is -0.379 e. The van der Waals surface area contributed by atoms with E-state index in [0.29, 0.717) is 30.8 Å². The van der Waals surface area contributed by atoms with Crippen LogP contribution in [0.4, 0.5) is 11.4 Å². The largest absolute Gasteiger partial charge is 0.379 e. The summed E-state index contributed by atoms with van der Waals surface area (Å²) in [6, 6.07) is 6.88. The van der Waals surface area contributed by atoms with Crippen molar-refractivity contribution in [2.75, 3.05) is 50.0 Å². The van der Waals surface area contributed by atoms with E-state index < -0.39 is 5.41 Å². The second-order valence-corrected chi connectivity index (χ2v) is 7.01. The molecule has 1 heterocycles. The number of benzene rings is 1. The molecule has 146 valence electrons. The lowest BCUT2D eigenvalue weighted by Gasteiger charge is -2.26. The van der Waals surface area contributed by atoms with E-state index >= 15 is 0 Å². The minimum atomic E-state index is -0.977. The third-order valence-corrected chi connectivity index (χ3v) is 4.88. The number of hydrogen-bond acceptors (Lipinski definition) is 5. The number of hydrogen-bond donors (Lipinski definition) is 3. The van der Waals surface area contributed by atoms with E-state index in [9.17, 15) is 14.4 Å². The molecule has 1 aromatic carbocycles. The highest BCUT2D eigenvalue weighted by atomic mass is 16.5. The van der Waals surface area contributed by atoms with Crippen molar-refractivity contribution in [3.05, 3.63) is 24.3 Å². The lowest BCUT2D eigenvalue weighted by atomic mass is 10.0. The average molecular weight is 374 g/mol. The van der Waals surface area contributed by atoms with Crippen molar-refractivity contribution in [2.45, 2.75) is 19.8 Å². The SMILES string of the molecule is CC(=O)Nc1cccc(NC(=O)C2(C(=O)NCCN3CCOCC3)CC2)c1. The third kappa shape index (κ3) is 5.05. The Balaban J connectivity index is 1.51. The van der Waals surface area contributed by atoms with Crippen LogP contribution in [0, 0.1) is 5.41 Å². The topological polar surface area (TPSA) is 99.8 Å². The van der Waals surface area contributed by atoms with Crippen LogP contribution >= 0.6 is 0 Å². The van der Waals surface area contributed by atoms with E-state index in [1.807, 2.05) is 0 Å². The number of rotatable bonds is 7. The maximum atomic E-state index is 12.7. The van der Waals surface area contributed by atoms with Crippen LogP contribution in [0.5, 0.6) is 0 Å². The zero-order valence-electron chi connectivity index (χ0n) is 15.5. The van der Waals surface area contributed by atoms with Crippen molar-refractivity contribution in [1.82, 2.24) is 10.2 Å². The molecule has 8 heteroatoms. The Hall–Kier alpha value is -2.45. The Bertz CT molecular complexity index is 711. The van der Waals surface area contributed by atoms with Crippen LogP contribution in [-0.4, -0.2) is 62.0 Å². The molecule has 1 aliphatic heterocycles. The number of carbonyl (C=O) groups excluding carboxylic acids is 3. The predicted molar refractivity (Wildman–Crippen MR) is 101 cm³/mol. The second kappa shape index (κ2) is 8.49. The highest BCUT2D eigenvalue weighted by Gasteiger charge is 2.56. The molecular weight excluding hydrogens is 348 g/mol. The maximum Gasteiger partial charge on any atom is 0.240 e. The summed E-state index contributed by atoms with van der Waals surface area (Å²) in [5.74, 6) is -0.700. The molecule has 2 fully saturated rings. The number of carbonyl (C=O) groups is 3. The van der Waals surface area contributed by atoms with Gasteiger partial charge in [-0.25, -0.2) is 0 Å². The minimum absolute atomic E-state index is 0.184. The molecule has 0 atom stereocenters. The molecule has 0 spiro atoms. The number of morpholine rings is 1. The normalized spacial score (nSPS) is 18.4. The Kier molecular flexibility index (Phi) is 6.08. The van der Waals surface area contributed by atoms with E-state index in [0.717, 1.165) is 32.8 Å². The molecule has 1 saturated carbocycles. The zero-order valence-corrected chi connectivity index (χ0v) is 15.5. The summed E-state index contributed by atoms with van der Waals surface area (Å²) < 4.78 is 5.30. The van der Waals surface area contributed by atoms with Crippen molar-refractivity contribution in [2.24, 2.45) is 5.41 Å². The number of amides is 3. The summed E-state index contributed by atoms with van der Waals surface area (Å²) in [6.45, 7) is 5.87. The summed E-state index contributed by atoms with van der Waals surface area (Å²) in [6.07, 6.45) is 1.10. The van der Waals surface area contributed by atoms with Gasteiger partial charge in [0.1, 0.15) is 5.41 Å². The molecule has 27 heavy (non-hydrogen) atoms. The molecule has 3 amide bonds. The Morgan fingerprint density at radius 1 is 1.07 bits per heavy atom. The first-order valence-corrected chi connectivity index (χ1v) is 9.27. The molecule has 0 radical (unpaired) electrons. The fourth-order valence-electron chi connectivity index (χ4n) is 3.13. The zero-order chi connectivity index (χ0) is 19.3. The standard InChI is InChI=1S/C19H26N4O4/c1-14(24)21-15-3-2-4-16(13-15)22-18(26)19(5-6-19)17(25)20-7-8-23-9-11-27-12-10-23/h2-4,13H,5-12H2,1H3,(H,20,25)(H,21,24)(H,22,26). The van der Waals surface area contributed by atoms with Crippen molar-refractivity contribution in [1.29, 1.82) is 0 Å². The fraction of sp³-hybridized carbons (Fsp3) is 0.526. The van der Waals surface area contributed by atoms with Crippen LogP contribution in [0.3, 0.4) is 0 Å². The predicted octanol–water partition coefficient (Wildman–Crippen LogP) is 0.812. The van der Waals surface area contributed by atoms with E-state index in [1.54, 1.807) is 24.3 Å². The van der Waals surface area contributed by atoms with Gasteiger partial charge in [-0.1, -0.05) is 6.07 Å². The van der Waals surface area contributed by atoms with Crippen molar-refractivity contribution < 1.29 is 19.1 Å². The van der Waals surface area contributed by atoms with Crippen LogP contribution < -0.4 is 16.0 Å². The smallest absolute Gasteiger partial charge is 0.240 e. The van der Waals surface area contributed by atoms with Gasteiger partial charge < -0.3 is 20.7 Å². The average Bonchev–Trinajstić information content (AvgIpc) is 3.44. The van der Waals surface area contributed by atoms with Crippen LogP contribution in [-0.2, 0) is 19.1 Å². The van der Waals surface area contributed by atoms with Gasteiger partial charge >= 0.3 is 0 Å². The summed E-state index contributed by atoms with van der Waals surface area (Å²) in [5.41, 5.74) is 0.174. The monoisotopic (exact) mass is 374 g/mol. The van der Waals surface area contributed by atoms with Gasteiger partial charge in [0, 0.05) is 44.5 Å². The van der Waals surface area contributed by atoms with Crippen molar-refractivity contribution >= 4 is 29.1 Å². The highest BCUT2D eigenvalue weighted by Crippen LogP contribution is 2.46. The van der Waals surface area contributed by atoms with Crippen molar-refractivity contribution in [3.63, 3.8) is 0 Å². The quantitative estimate of drug-likeness (QED) is 0.614. The molecule has 1 aliphatic carbocycles. The van der Waals surface area contributed by atoms with E-state index in [4.69, 9.17) is 4.74 Å². The van der Waals surface area contributed by atoms with Crippen LogP contribution in [0.15, 0.2) is 24.3 Å². The van der Waals surface area contributed by atoms with Gasteiger partial charge in [-0.05, 0) is 31.0 Å². The number of nitrogens with zero attached hydrogens (tertiary/aromatic N) is 1. The summed E-state index contributed by atoms with van der Waals surface area (Å²) in [7, 11) is 0. The van der Waals surface area contributed by atoms with E-state index in [1.165, 1.54) is 6.92 Å². The first kappa shape index (κ1) is 19.3. The summed E-state index contributed by atoms with van der Waals surface area (Å²) in [4.78, 5) is 38.6.